The summed E-state index contributed by atoms with van der Waals surface area (Å²) in [6.45, 7) is 6.72. The lowest BCUT2D eigenvalue weighted by molar-refractivity contribution is 0.408. The van der Waals surface area contributed by atoms with Gasteiger partial charge in [-0.1, -0.05) is 44.2 Å². The number of rotatable bonds is 6. The van der Waals surface area contributed by atoms with Crippen LogP contribution in [0, 0.1) is 12.8 Å². The molecule has 35 heavy (non-hydrogen) atoms. The third-order valence-electron chi connectivity index (χ3n) is 6.23. The number of aromatic amines is 1. The zero-order chi connectivity index (χ0) is 24.9. The lowest BCUT2D eigenvalue weighted by Gasteiger charge is -2.13. The number of hydrogen-bond acceptors (Lipinski definition) is 5. The Labute approximate surface area is 201 Å². The molecule has 0 bridgehead atoms. The number of aryl methyl sites for hydroxylation is 1. The molecule has 1 N–H and O–H groups in total. The Kier molecular flexibility index (Phi) is 5.55. The Morgan fingerprint density at radius 1 is 1.11 bits per heavy atom. The number of benzene rings is 2. The number of hydrogen-bond donors (Lipinski definition) is 1. The molecule has 0 atom stereocenters. The molecule has 9 nitrogen and oxygen atoms in total. The second kappa shape index (κ2) is 8.57. The molecule has 0 fully saturated rings. The van der Waals surface area contributed by atoms with Gasteiger partial charge in [-0.05, 0) is 29.7 Å². The molecule has 0 saturated heterocycles. The molecule has 0 radical (unpaired) electrons. The van der Waals surface area contributed by atoms with Crippen molar-refractivity contribution in [1.29, 1.82) is 0 Å². The van der Waals surface area contributed by atoms with Gasteiger partial charge in [0.15, 0.2) is 11.5 Å². The fourth-order valence-electron chi connectivity index (χ4n) is 4.60. The molecule has 3 heterocycles. The van der Waals surface area contributed by atoms with E-state index >= 15 is 0 Å². The predicted molar refractivity (Wildman–Crippen MR) is 136 cm³/mol. The van der Waals surface area contributed by atoms with Crippen molar-refractivity contribution in [2.24, 2.45) is 13.0 Å². The van der Waals surface area contributed by atoms with Crippen molar-refractivity contribution in [3.63, 3.8) is 0 Å². The number of aromatic nitrogens is 6. The average Bonchev–Trinajstić information content (AvgIpc) is 3.43. The van der Waals surface area contributed by atoms with Gasteiger partial charge in [0, 0.05) is 31.0 Å². The van der Waals surface area contributed by atoms with Gasteiger partial charge in [0.2, 0.25) is 0 Å². The first-order valence-electron chi connectivity index (χ1n) is 11.6. The molecule has 0 aliphatic heterocycles. The highest BCUT2D eigenvalue weighted by Gasteiger charge is 2.25. The lowest BCUT2D eigenvalue weighted by atomic mass is 10.0. The largest absolute Gasteiger partial charge is 0.496 e. The molecule has 180 valence electrons. The first-order valence-corrected chi connectivity index (χ1v) is 11.6. The second-order valence-electron chi connectivity index (χ2n) is 9.24. The number of ether oxygens (including phenoxy) is 1. The second-order valence-corrected chi connectivity index (χ2v) is 9.24. The maximum atomic E-state index is 13.4. The topological polar surface area (TPSA) is 99.7 Å². The van der Waals surface area contributed by atoms with Gasteiger partial charge in [-0.2, -0.15) is 5.10 Å². The molecule has 0 amide bonds. The van der Waals surface area contributed by atoms with Crippen LogP contribution in [-0.4, -0.2) is 36.0 Å². The van der Waals surface area contributed by atoms with E-state index in [0.29, 0.717) is 35.6 Å². The number of nitrogens with zero attached hydrogens (tertiary/aromatic N) is 5. The molecule has 5 rings (SSSR count). The van der Waals surface area contributed by atoms with Crippen molar-refractivity contribution >= 4 is 21.8 Å². The van der Waals surface area contributed by atoms with Gasteiger partial charge in [0.05, 0.1) is 13.7 Å². The molecule has 0 aliphatic rings. The van der Waals surface area contributed by atoms with Crippen LogP contribution in [0.5, 0.6) is 5.75 Å². The summed E-state index contributed by atoms with van der Waals surface area (Å²) in [6, 6.07) is 12.0. The molecule has 0 unspecified atom stereocenters. The predicted octanol–water partition coefficient (Wildman–Crippen LogP) is 3.46. The Bertz CT molecular complexity index is 1690. The van der Waals surface area contributed by atoms with Crippen LogP contribution >= 0.6 is 0 Å². The molecule has 3 aromatic heterocycles. The number of imidazole rings is 1. The highest BCUT2D eigenvalue weighted by molar-refractivity contribution is 5.90. The van der Waals surface area contributed by atoms with Gasteiger partial charge in [0.25, 0.3) is 5.56 Å². The summed E-state index contributed by atoms with van der Waals surface area (Å²) >= 11 is 0. The molecule has 0 aliphatic carbocycles. The van der Waals surface area contributed by atoms with Crippen LogP contribution in [0.15, 0.2) is 52.2 Å². The van der Waals surface area contributed by atoms with E-state index in [9.17, 15) is 9.59 Å². The molecular formula is C26H28N6O3. The minimum atomic E-state index is -0.398. The van der Waals surface area contributed by atoms with Crippen LogP contribution in [0.3, 0.4) is 0 Å². The molecular weight excluding hydrogens is 444 g/mol. The van der Waals surface area contributed by atoms with Crippen LogP contribution in [0.1, 0.15) is 25.1 Å². The van der Waals surface area contributed by atoms with Gasteiger partial charge in [-0.15, -0.1) is 0 Å². The zero-order valence-electron chi connectivity index (χ0n) is 20.5. The number of methoxy groups -OCH3 is 1. The van der Waals surface area contributed by atoms with E-state index in [4.69, 9.17) is 9.84 Å². The van der Waals surface area contributed by atoms with E-state index in [1.807, 2.05) is 57.2 Å². The molecule has 9 heteroatoms. The lowest BCUT2D eigenvalue weighted by Crippen LogP contribution is -2.38. The molecule has 0 saturated carbocycles. The summed E-state index contributed by atoms with van der Waals surface area (Å²) in [6.07, 6.45) is 1.71. The summed E-state index contributed by atoms with van der Waals surface area (Å²) in [5.74, 6) is 1.43. The van der Waals surface area contributed by atoms with Crippen LogP contribution < -0.4 is 16.0 Å². The van der Waals surface area contributed by atoms with Crippen molar-refractivity contribution in [2.45, 2.75) is 33.9 Å². The minimum absolute atomic E-state index is 0.186. The van der Waals surface area contributed by atoms with Gasteiger partial charge in [-0.3, -0.25) is 18.6 Å². The fraction of sp³-hybridized carbons (Fsp3) is 0.308. The van der Waals surface area contributed by atoms with Crippen LogP contribution in [0.2, 0.25) is 0 Å². The van der Waals surface area contributed by atoms with Crippen molar-refractivity contribution in [3.05, 3.63) is 74.7 Å². The monoisotopic (exact) mass is 472 g/mol. The van der Waals surface area contributed by atoms with Crippen LogP contribution in [0.25, 0.3) is 33.3 Å². The van der Waals surface area contributed by atoms with Gasteiger partial charge in [0.1, 0.15) is 16.8 Å². The Morgan fingerprint density at radius 2 is 1.89 bits per heavy atom. The SMILES string of the molecule is COc1ccc2ccccc2c1Cn1nc2c(c1-c1ncc(C)[nH]1)c(=O)n(C)c(=O)n2CC(C)C. The normalized spacial score (nSPS) is 11.7. The van der Waals surface area contributed by atoms with E-state index in [-0.39, 0.29) is 11.6 Å². The smallest absolute Gasteiger partial charge is 0.332 e. The number of nitrogens with one attached hydrogen (secondary N) is 1. The van der Waals surface area contributed by atoms with Crippen molar-refractivity contribution < 1.29 is 4.74 Å². The van der Waals surface area contributed by atoms with Crippen LogP contribution in [0.4, 0.5) is 0 Å². The Balaban J connectivity index is 1.86. The number of H-pyrrole nitrogens is 1. The van der Waals surface area contributed by atoms with E-state index < -0.39 is 5.56 Å². The van der Waals surface area contributed by atoms with Crippen molar-refractivity contribution in [2.75, 3.05) is 7.11 Å². The Morgan fingerprint density at radius 3 is 2.57 bits per heavy atom. The summed E-state index contributed by atoms with van der Waals surface area (Å²) in [5.41, 5.74) is 1.90. The average molecular weight is 473 g/mol. The first-order chi connectivity index (χ1) is 16.8. The summed E-state index contributed by atoms with van der Waals surface area (Å²) in [5, 5.41) is 7.31. The standard InChI is InChI=1S/C26H28N6O3/c1-15(2)13-31-24-21(25(33)30(4)26(31)34)22(23-27-12-16(3)28-23)32(29-24)14-19-18-9-7-6-8-17(18)10-11-20(19)35-5/h6-12,15H,13-14H2,1-5H3,(H,27,28). The highest BCUT2D eigenvalue weighted by atomic mass is 16.5. The molecule has 2 aromatic carbocycles. The third-order valence-corrected chi connectivity index (χ3v) is 6.23. The quantitative estimate of drug-likeness (QED) is 0.408. The van der Waals surface area contributed by atoms with Gasteiger partial charge < -0.3 is 9.72 Å². The fourth-order valence-corrected chi connectivity index (χ4v) is 4.60. The van der Waals surface area contributed by atoms with Crippen molar-refractivity contribution in [3.8, 4) is 17.3 Å². The summed E-state index contributed by atoms with van der Waals surface area (Å²) < 4.78 is 10.2. The Hall–Kier alpha value is -4.14. The van der Waals surface area contributed by atoms with Gasteiger partial charge >= 0.3 is 5.69 Å². The maximum absolute atomic E-state index is 13.4. The molecule has 0 spiro atoms. The minimum Gasteiger partial charge on any atom is -0.496 e. The van der Waals surface area contributed by atoms with Crippen LogP contribution in [-0.2, 0) is 20.1 Å². The van der Waals surface area contributed by atoms with E-state index in [1.165, 1.54) is 7.05 Å². The van der Waals surface area contributed by atoms with E-state index in [1.54, 1.807) is 22.6 Å². The summed E-state index contributed by atoms with van der Waals surface area (Å²) in [4.78, 5) is 34.2. The van der Waals surface area contributed by atoms with Gasteiger partial charge in [-0.25, -0.2) is 9.78 Å². The third kappa shape index (κ3) is 3.73. The van der Waals surface area contributed by atoms with E-state index in [2.05, 4.69) is 9.97 Å². The van der Waals surface area contributed by atoms with E-state index in [0.717, 1.165) is 32.3 Å². The zero-order valence-corrected chi connectivity index (χ0v) is 20.5. The highest BCUT2D eigenvalue weighted by Crippen LogP contribution is 2.31. The molecule has 5 aromatic rings. The summed E-state index contributed by atoms with van der Waals surface area (Å²) in [7, 11) is 3.14. The van der Waals surface area contributed by atoms with Crippen molar-refractivity contribution in [1.82, 2.24) is 28.9 Å². The first kappa shape index (κ1) is 22.6. The number of fused-ring (bicyclic) bond motifs is 2. The maximum Gasteiger partial charge on any atom is 0.332 e.